The lowest BCUT2D eigenvalue weighted by atomic mass is 10.1. The first-order valence-corrected chi connectivity index (χ1v) is 8.69. The summed E-state index contributed by atoms with van der Waals surface area (Å²) in [5.41, 5.74) is 0.205. The summed E-state index contributed by atoms with van der Waals surface area (Å²) < 4.78 is 63.8. The highest BCUT2D eigenvalue weighted by molar-refractivity contribution is 7.86. The summed E-state index contributed by atoms with van der Waals surface area (Å²) in [4.78, 5) is 7.32. The van der Waals surface area contributed by atoms with Crippen LogP contribution in [0.5, 0.6) is 0 Å². The first-order valence-electron chi connectivity index (χ1n) is 5.81. The minimum absolute atomic E-state index is 0.00616. The van der Waals surface area contributed by atoms with E-state index in [1.165, 1.54) is 18.3 Å². The van der Waals surface area contributed by atoms with Gasteiger partial charge in [0.1, 0.15) is 4.90 Å². The van der Waals surface area contributed by atoms with Gasteiger partial charge in [0.05, 0.1) is 11.0 Å². The van der Waals surface area contributed by atoms with Crippen LogP contribution in [-0.2, 0) is 20.2 Å². The second-order valence-corrected chi connectivity index (χ2v) is 7.20. The Labute approximate surface area is 124 Å². The van der Waals surface area contributed by atoms with Crippen molar-refractivity contribution in [2.45, 2.75) is 9.92 Å². The Kier molecular flexibility index (Phi) is 3.14. The zero-order valence-electron chi connectivity index (χ0n) is 10.7. The third-order valence-electron chi connectivity index (χ3n) is 3.04. The fourth-order valence-corrected chi connectivity index (χ4v) is 3.28. The van der Waals surface area contributed by atoms with Crippen molar-refractivity contribution < 1.29 is 25.9 Å². The summed E-state index contributed by atoms with van der Waals surface area (Å²) >= 11 is 0. The number of aromatic nitrogens is 2. The molecule has 0 radical (unpaired) electrons. The van der Waals surface area contributed by atoms with Gasteiger partial charge in [0, 0.05) is 17.0 Å². The van der Waals surface area contributed by atoms with E-state index in [9.17, 15) is 21.4 Å². The van der Waals surface area contributed by atoms with Gasteiger partial charge in [-0.2, -0.15) is 16.8 Å². The van der Waals surface area contributed by atoms with Crippen LogP contribution in [0.4, 0.5) is 0 Å². The largest absolute Gasteiger partial charge is 0.312 e. The molecule has 0 aliphatic carbocycles. The molecule has 8 nitrogen and oxygen atoms in total. The van der Waals surface area contributed by atoms with E-state index in [-0.39, 0.29) is 16.4 Å². The zero-order chi connectivity index (χ0) is 16.1. The molecule has 0 unspecified atom stereocenters. The van der Waals surface area contributed by atoms with Gasteiger partial charge in [0.2, 0.25) is 0 Å². The van der Waals surface area contributed by atoms with Crippen molar-refractivity contribution in [2.24, 2.45) is 0 Å². The first kappa shape index (κ1) is 14.8. The smallest absolute Gasteiger partial charge is 0.282 e. The highest BCUT2D eigenvalue weighted by Crippen LogP contribution is 2.29. The molecule has 3 rings (SSSR count). The third kappa shape index (κ3) is 2.41. The molecule has 2 aromatic heterocycles. The zero-order valence-corrected chi connectivity index (χ0v) is 12.3. The highest BCUT2D eigenvalue weighted by atomic mass is 32.2. The molecule has 1 aromatic carbocycles. The van der Waals surface area contributed by atoms with Crippen molar-refractivity contribution in [3.05, 3.63) is 36.5 Å². The van der Waals surface area contributed by atoms with Crippen LogP contribution in [0.3, 0.4) is 0 Å². The summed E-state index contributed by atoms with van der Waals surface area (Å²) in [6, 6.07) is 6.62. The Hall–Kier alpha value is -2.14. The van der Waals surface area contributed by atoms with E-state index in [4.69, 9.17) is 4.55 Å². The quantitative estimate of drug-likeness (QED) is 0.526. The molecular formula is C12H8N2O6S2. The van der Waals surface area contributed by atoms with Crippen molar-refractivity contribution in [2.75, 3.05) is 0 Å². The van der Waals surface area contributed by atoms with Gasteiger partial charge >= 0.3 is 10.1 Å². The molecule has 0 bridgehead atoms. The number of benzene rings is 1. The molecule has 0 fully saturated rings. The van der Waals surface area contributed by atoms with Gasteiger partial charge in [0.25, 0.3) is 10.1 Å². The van der Waals surface area contributed by atoms with Gasteiger partial charge in [-0.3, -0.25) is 14.1 Å². The normalized spacial score (nSPS) is 12.8. The van der Waals surface area contributed by atoms with E-state index >= 15 is 0 Å². The molecular weight excluding hydrogens is 332 g/mol. The number of hydrogen-bond acceptors (Lipinski definition) is 6. The first-order chi connectivity index (χ1) is 10.2. The van der Waals surface area contributed by atoms with Gasteiger partial charge in [-0.25, -0.2) is 4.98 Å². The Morgan fingerprint density at radius 3 is 2.18 bits per heavy atom. The molecule has 114 valence electrons. The van der Waals surface area contributed by atoms with Gasteiger partial charge in [-0.05, 0) is 24.3 Å². The molecule has 0 aliphatic heterocycles. The number of fused-ring (bicyclic) bond motifs is 3. The Balaban J connectivity index is 2.59. The van der Waals surface area contributed by atoms with Crippen molar-refractivity contribution >= 4 is 42.0 Å². The Morgan fingerprint density at radius 1 is 0.864 bits per heavy atom. The predicted octanol–water partition coefficient (Wildman–Crippen LogP) is 1.28. The molecule has 10 heteroatoms. The van der Waals surface area contributed by atoms with Crippen LogP contribution in [0, 0.1) is 0 Å². The fraction of sp³-hybridized carbons (Fsp3) is 0. The lowest BCUT2D eigenvalue weighted by Gasteiger charge is -2.07. The molecule has 2 heterocycles. The van der Waals surface area contributed by atoms with Crippen molar-refractivity contribution in [3.8, 4) is 0 Å². The lowest BCUT2D eigenvalue weighted by Crippen LogP contribution is -2.03. The molecule has 0 atom stereocenters. The van der Waals surface area contributed by atoms with Crippen molar-refractivity contribution in [3.63, 3.8) is 0 Å². The third-order valence-corrected chi connectivity index (χ3v) is 4.69. The van der Waals surface area contributed by atoms with Crippen LogP contribution in [0.25, 0.3) is 21.8 Å². The van der Waals surface area contributed by atoms with Crippen molar-refractivity contribution in [1.29, 1.82) is 0 Å². The second kappa shape index (κ2) is 4.68. The summed E-state index contributed by atoms with van der Waals surface area (Å²) in [6.07, 6.45) is 1.20. The van der Waals surface area contributed by atoms with Gasteiger partial charge in [-0.15, -0.1) is 0 Å². The monoisotopic (exact) mass is 340 g/mol. The average molecular weight is 340 g/mol. The molecule has 0 amide bonds. The molecule has 0 aliphatic rings. The minimum atomic E-state index is -4.56. The van der Waals surface area contributed by atoms with Crippen LogP contribution in [0.15, 0.2) is 46.5 Å². The number of hydrogen-bond donors (Lipinski definition) is 2. The maximum Gasteiger partial charge on any atom is 0.312 e. The van der Waals surface area contributed by atoms with Crippen LogP contribution in [-0.4, -0.2) is 35.9 Å². The van der Waals surface area contributed by atoms with Crippen LogP contribution >= 0.6 is 0 Å². The van der Waals surface area contributed by atoms with Crippen molar-refractivity contribution in [1.82, 2.24) is 9.97 Å². The maximum absolute atomic E-state index is 11.5. The summed E-state index contributed by atoms with van der Waals surface area (Å²) in [6.45, 7) is 0. The topological polar surface area (TPSA) is 135 Å². The predicted molar refractivity (Wildman–Crippen MR) is 76.7 cm³/mol. The number of pyridine rings is 2. The van der Waals surface area contributed by atoms with Gasteiger partial charge < -0.3 is 0 Å². The van der Waals surface area contributed by atoms with Gasteiger partial charge in [-0.1, -0.05) is 6.07 Å². The van der Waals surface area contributed by atoms with E-state index in [1.807, 2.05) is 0 Å². The minimum Gasteiger partial charge on any atom is -0.282 e. The van der Waals surface area contributed by atoms with E-state index in [0.717, 1.165) is 12.1 Å². The molecule has 0 saturated carbocycles. The van der Waals surface area contributed by atoms with Crippen LogP contribution < -0.4 is 0 Å². The van der Waals surface area contributed by atoms with Gasteiger partial charge in [0.15, 0.2) is 5.03 Å². The molecule has 0 saturated heterocycles. The summed E-state index contributed by atoms with van der Waals surface area (Å²) in [7, 11) is -9.12. The van der Waals surface area contributed by atoms with Crippen LogP contribution in [0.1, 0.15) is 0 Å². The van der Waals surface area contributed by atoms with Crippen LogP contribution in [0.2, 0.25) is 0 Å². The van der Waals surface area contributed by atoms with E-state index in [0.29, 0.717) is 5.39 Å². The highest BCUT2D eigenvalue weighted by Gasteiger charge is 2.19. The second-order valence-electron chi connectivity index (χ2n) is 4.44. The Morgan fingerprint density at radius 2 is 1.55 bits per heavy atom. The standard InChI is InChI=1S/C12H8N2O6S2/c15-21(16,17)9-5-6-13-8-3-1-7-2-4-10(22(18,19)20)14-12(7)11(8)9/h1-6H,(H,15,16,17)(H,18,19,20). The average Bonchev–Trinajstić information content (AvgIpc) is 2.44. The molecule has 2 N–H and O–H groups in total. The fourth-order valence-electron chi connectivity index (χ4n) is 2.14. The molecule has 0 spiro atoms. The van der Waals surface area contributed by atoms with E-state index < -0.39 is 30.2 Å². The summed E-state index contributed by atoms with van der Waals surface area (Å²) in [5.74, 6) is 0. The molecule has 22 heavy (non-hydrogen) atoms. The number of rotatable bonds is 2. The SMILES string of the molecule is O=S(=O)(O)c1ccc2ccc3nccc(S(=O)(=O)O)c3c2n1. The molecule has 3 aromatic rings. The van der Waals surface area contributed by atoms with E-state index in [1.54, 1.807) is 6.07 Å². The lowest BCUT2D eigenvalue weighted by molar-refractivity contribution is 0.479. The van der Waals surface area contributed by atoms with E-state index in [2.05, 4.69) is 9.97 Å². The number of nitrogens with zero attached hydrogens (tertiary/aromatic N) is 2. The maximum atomic E-state index is 11.5. The summed E-state index contributed by atoms with van der Waals surface area (Å²) in [5, 5.41) is -0.219. The Bertz CT molecular complexity index is 1120.